The molecule has 0 aliphatic heterocycles. The SMILES string of the molecule is COc1ccc(SCCCNC(=S)Nc2ccc(OC)nc2)cc1. The largest absolute Gasteiger partial charge is 0.497 e. The predicted molar refractivity (Wildman–Crippen MR) is 103 cm³/mol. The van der Waals surface area contributed by atoms with Gasteiger partial charge in [-0.15, -0.1) is 11.8 Å². The minimum Gasteiger partial charge on any atom is -0.497 e. The highest BCUT2D eigenvalue weighted by molar-refractivity contribution is 7.99. The summed E-state index contributed by atoms with van der Waals surface area (Å²) in [7, 11) is 3.26. The van der Waals surface area contributed by atoms with Gasteiger partial charge in [0.25, 0.3) is 0 Å². The number of methoxy groups -OCH3 is 2. The first kappa shape index (κ1) is 18.4. The third kappa shape index (κ3) is 6.25. The molecule has 0 fully saturated rings. The van der Waals surface area contributed by atoms with Gasteiger partial charge in [0.1, 0.15) is 5.75 Å². The van der Waals surface area contributed by atoms with E-state index in [0.717, 1.165) is 30.2 Å². The number of rotatable bonds is 8. The number of hydrogen-bond donors (Lipinski definition) is 2. The molecular formula is C17H21N3O2S2. The Morgan fingerprint density at radius 1 is 1.12 bits per heavy atom. The fraction of sp³-hybridized carbons (Fsp3) is 0.294. The van der Waals surface area contributed by atoms with Gasteiger partial charge in [0.2, 0.25) is 5.88 Å². The number of aromatic nitrogens is 1. The second kappa shape index (κ2) is 10.00. The molecule has 0 atom stereocenters. The van der Waals surface area contributed by atoms with Gasteiger partial charge in [-0.1, -0.05) is 0 Å². The standard InChI is InChI=1S/C17H21N3O2S2/c1-21-14-5-7-15(8-6-14)24-11-3-10-18-17(23)20-13-4-9-16(22-2)19-12-13/h4-9,12H,3,10-11H2,1-2H3,(H2,18,20,23). The molecule has 0 saturated heterocycles. The van der Waals surface area contributed by atoms with E-state index in [4.69, 9.17) is 21.7 Å². The summed E-state index contributed by atoms with van der Waals surface area (Å²) in [5, 5.41) is 6.88. The monoisotopic (exact) mass is 363 g/mol. The maximum atomic E-state index is 5.27. The van der Waals surface area contributed by atoms with E-state index < -0.39 is 0 Å². The van der Waals surface area contributed by atoms with Crippen LogP contribution in [0, 0.1) is 0 Å². The zero-order valence-corrected chi connectivity index (χ0v) is 15.4. The van der Waals surface area contributed by atoms with Crippen molar-refractivity contribution >= 4 is 34.8 Å². The normalized spacial score (nSPS) is 10.1. The van der Waals surface area contributed by atoms with Crippen LogP contribution in [0.4, 0.5) is 5.69 Å². The fourth-order valence-electron chi connectivity index (χ4n) is 1.89. The summed E-state index contributed by atoms with van der Waals surface area (Å²) >= 11 is 7.08. The van der Waals surface area contributed by atoms with E-state index in [1.54, 1.807) is 26.5 Å². The fourth-order valence-corrected chi connectivity index (χ4v) is 2.96. The van der Waals surface area contributed by atoms with Crippen LogP contribution in [0.5, 0.6) is 11.6 Å². The Morgan fingerprint density at radius 2 is 1.92 bits per heavy atom. The predicted octanol–water partition coefficient (Wildman–Crippen LogP) is 3.57. The molecule has 7 heteroatoms. The number of anilines is 1. The van der Waals surface area contributed by atoms with Crippen molar-refractivity contribution in [3.05, 3.63) is 42.6 Å². The lowest BCUT2D eigenvalue weighted by molar-refractivity contribution is 0.398. The second-order valence-electron chi connectivity index (χ2n) is 4.85. The average molecular weight is 364 g/mol. The summed E-state index contributed by atoms with van der Waals surface area (Å²) < 4.78 is 10.2. The van der Waals surface area contributed by atoms with Gasteiger partial charge >= 0.3 is 0 Å². The Balaban J connectivity index is 1.61. The van der Waals surface area contributed by atoms with Crippen molar-refractivity contribution in [2.24, 2.45) is 0 Å². The minimum absolute atomic E-state index is 0.579. The van der Waals surface area contributed by atoms with Gasteiger partial charge in [-0.05, 0) is 54.7 Å². The van der Waals surface area contributed by atoms with Gasteiger partial charge in [0.15, 0.2) is 5.11 Å². The first-order valence-electron chi connectivity index (χ1n) is 7.53. The van der Waals surface area contributed by atoms with E-state index in [1.807, 2.05) is 30.0 Å². The molecule has 0 aliphatic rings. The summed E-state index contributed by atoms with van der Waals surface area (Å²) in [6.07, 6.45) is 2.70. The summed E-state index contributed by atoms with van der Waals surface area (Å²) in [5.41, 5.74) is 0.834. The molecule has 2 aromatic rings. The maximum Gasteiger partial charge on any atom is 0.213 e. The van der Waals surface area contributed by atoms with E-state index in [-0.39, 0.29) is 0 Å². The van der Waals surface area contributed by atoms with E-state index in [9.17, 15) is 0 Å². The molecule has 1 aromatic heterocycles. The van der Waals surface area contributed by atoms with E-state index in [2.05, 4.69) is 27.8 Å². The zero-order valence-electron chi connectivity index (χ0n) is 13.7. The number of thioether (sulfide) groups is 1. The highest BCUT2D eigenvalue weighted by atomic mass is 32.2. The number of benzene rings is 1. The smallest absolute Gasteiger partial charge is 0.213 e. The van der Waals surface area contributed by atoms with Crippen LogP contribution < -0.4 is 20.1 Å². The zero-order chi connectivity index (χ0) is 17.2. The summed E-state index contributed by atoms with van der Waals surface area (Å²) in [4.78, 5) is 5.36. The van der Waals surface area contributed by atoms with Crippen molar-refractivity contribution in [2.75, 3.05) is 31.8 Å². The van der Waals surface area contributed by atoms with Crippen LogP contribution in [0.2, 0.25) is 0 Å². The molecule has 0 bridgehead atoms. The quantitative estimate of drug-likeness (QED) is 0.422. The molecule has 1 heterocycles. The number of nitrogens with one attached hydrogen (secondary N) is 2. The van der Waals surface area contributed by atoms with Crippen molar-refractivity contribution in [3.8, 4) is 11.6 Å². The van der Waals surface area contributed by atoms with Gasteiger partial charge in [-0.2, -0.15) is 0 Å². The average Bonchev–Trinajstić information content (AvgIpc) is 2.62. The second-order valence-corrected chi connectivity index (χ2v) is 6.42. The van der Waals surface area contributed by atoms with Crippen LogP contribution in [0.25, 0.3) is 0 Å². The van der Waals surface area contributed by atoms with Crippen molar-refractivity contribution in [3.63, 3.8) is 0 Å². The Hall–Kier alpha value is -1.99. The topological polar surface area (TPSA) is 55.4 Å². The van der Waals surface area contributed by atoms with Crippen LogP contribution in [0.1, 0.15) is 6.42 Å². The van der Waals surface area contributed by atoms with E-state index in [0.29, 0.717) is 11.0 Å². The maximum absolute atomic E-state index is 5.27. The molecule has 0 aliphatic carbocycles. The number of nitrogens with zero attached hydrogens (tertiary/aromatic N) is 1. The molecule has 0 radical (unpaired) electrons. The van der Waals surface area contributed by atoms with Crippen LogP contribution in [-0.4, -0.2) is 36.6 Å². The molecule has 5 nitrogen and oxygen atoms in total. The first-order valence-corrected chi connectivity index (χ1v) is 8.92. The highest BCUT2D eigenvalue weighted by Crippen LogP contribution is 2.21. The molecule has 2 N–H and O–H groups in total. The summed E-state index contributed by atoms with van der Waals surface area (Å²) in [5.74, 6) is 2.48. The third-order valence-electron chi connectivity index (χ3n) is 3.14. The van der Waals surface area contributed by atoms with Crippen molar-refractivity contribution < 1.29 is 9.47 Å². The van der Waals surface area contributed by atoms with E-state index >= 15 is 0 Å². The Bertz CT molecular complexity index is 633. The van der Waals surface area contributed by atoms with Crippen LogP contribution in [0.3, 0.4) is 0 Å². The van der Waals surface area contributed by atoms with E-state index in [1.165, 1.54) is 4.90 Å². The van der Waals surface area contributed by atoms with Gasteiger partial charge in [-0.25, -0.2) is 4.98 Å². The summed E-state index contributed by atoms with van der Waals surface area (Å²) in [6, 6.07) is 11.8. The molecule has 0 amide bonds. The Kier molecular flexibility index (Phi) is 7.64. The van der Waals surface area contributed by atoms with Gasteiger partial charge < -0.3 is 20.1 Å². The van der Waals surface area contributed by atoms with Gasteiger partial charge in [0, 0.05) is 17.5 Å². The minimum atomic E-state index is 0.579. The van der Waals surface area contributed by atoms with Gasteiger partial charge in [0.05, 0.1) is 26.1 Å². The lowest BCUT2D eigenvalue weighted by Gasteiger charge is -2.10. The molecule has 2 rings (SSSR count). The van der Waals surface area contributed by atoms with Gasteiger partial charge in [-0.3, -0.25) is 0 Å². The lowest BCUT2D eigenvalue weighted by Crippen LogP contribution is -2.29. The molecule has 0 unspecified atom stereocenters. The van der Waals surface area contributed by atoms with Crippen LogP contribution in [-0.2, 0) is 0 Å². The summed E-state index contributed by atoms with van der Waals surface area (Å²) in [6.45, 7) is 0.818. The number of ether oxygens (including phenoxy) is 2. The van der Waals surface area contributed by atoms with Crippen LogP contribution in [0.15, 0.2) is 47.5 Å². The Labute approximate surface area is 152 Å². The third-order valence-corrected chi connectivity index (χ3v) is 4.48. The first-order chi connectivity index (χ1) is 11.7. The molecular weight excluding hydrogens is 342 g/mol. The van der Waals surface area contributed by atoms with Crippen LogP contribution >= 0.6 is 24.0 Å². The highest BCUT2D eigenvalue weighted by Gasteiger charge is 2.00. The molecule has 1 aromatic carbocycles. The van der Waals surface area contributed by atoms with Crippen molar-refractivity contribution in [2.45, 2.75) is 11.3 Å². The molecule has 24 heavy (non-hydrogen) atoms. The molecule has 128 valence electrons. The lowest BCUT2D eigenvalue weighted by atomic mass is 10.3. The number of thiocarbonyl (C=S) groups is 1. The molecule has 0 spiro atoms. The number of hydrogen-bond acceptors (Lipinski definition) is 5. The Morgan fingerprint density at radius 3 is 2.54 bits per heavy atom. The number of pyridine rings is 1. The van der Waals surface area contributed by atoms with Crippen molar-refractivity contribution in [1.29, 1.82) is 0 Å². The molecule has 0 saturated carbocycles. The van der Waals surface area contributed by atoms with Crippen molar-refractivity contribution in [1.82, 2.24) is 10.3 Å².